The molecule has 3 heteroatoms. The predicted molar refractivity (Wildman–Crippen MR) is 82.0 cm³/mol. The summed E-state index contributed by atoms with van der Waals surface area (Å²) in [7, 11) is 1.54. The lowest BCUT2D eigenvalue weighted by Crippen LogP contribution is -1.94. The first-order valence-corrected chi connectivity index (χ1v) is 6.62. The highest BCUT2D eigenvalue weighted by atomic mass is 16.5. The molecule has 0 spiro atoms. The summed E-state index contributed by atoms with van der Waals surface area (Å²) < 4.78 is 5.07. The van der Waals surface area contributed by atoms with Gasteiger partial charge in [-0.05, 0) is 36.6 Å². The number of nitrogens with zero attached hydrogens (tertiary/aromatic N) is 1. The molecule has 20 heavy (non-hydrogen) atoms. The Morgan fingerprint density at radius 3 is 2.70 bits per heavy atom. The highest BCUT2D eigenvalue weighted by Gasteiger charge is 2.04. The van der Waals surface area contributed by atoms with Crippen molar-refractivity contribution >= 4 is 6.21 Å². The molecule has 0 unspecified atom stereocenters. The minimum atomic E-state index is 0.134. The Morgan fingerprint density at radius 1 is 1.15 bits per heavy atom. The van der Waals surface area contributed by atoms with E-state index in [2.05, 4.69) is 24.0 Å². The topological polar surface area (TPSA) is 41.8 Å². The van der Waals surface area contributed by atoms with Gasteiger partial charge in [-0.15, -0.1) is 0 Å². The van der Waals surface area contributed by atoms with Gasteiger partial charge in [0.15, 0.2) is 11.5 Å². The van der Waals surface area contributed by atoms with E-state index in [0.717, 1.165) is 6.42 Å². The van der Waals surface area contributed by atoms with Crippen molar-refractivity contribution in [2.45, 2.75) is 13.3 Å². The highest BCUT2D eigenvalue weighted by Crippen LogP contribution is 2.27. The van der Waals surface area contributed by atoms with Crippen molar-refractivity contribution in [2.24, 2.45) is 4.99 Å². The van der Waals surface area contributed by atoms with Gasteiger partial charge < -0.3 is 9.84 Å². The van der Waals surface area contributed by atoms with Crippen LogP contribution in [0.15, 0.2) is 47.5 Å². The van der Waals surface area contributed by atoms with E-state index in [1.165, 1.54) is 18.2 Å². The Bertz CT molecular complexity index is 606. The van der Waals surface area contributed by atoms with Crippen LogP contribution in [0.2, 0.25) is 0 Å². The number of ether oxygens (including phenoxy) is 1. The fourth-order valence-electron chi connectivity index (χ4n) is 2.05. The molecule has 2 rings (SSSR count). The molecule has 104 valence electrons. The van der Waals surface area contributed by atoms with E-state index in [9.17, 15) is 5.11 Å². The molecule has 0 amide bonds. The molecule has 0 aliphatic carbocycles. The zero-order valence-corrected chi connectivity index (χ0v) is 11.8. The van der Waals surface area contributed by atoms with Gasteiger partial charge in [-0.2, -0.15) is 0 Å². The van der Waals surface area contributed by atoms with Gasteiger partial charge in [0, 0.05) is 18.3 Å². The van der Waals surface area contributed by atoms with E-state index < -0.39 is 0 Å². The van der Waals surface area contributed by atoms with Crippen LogP contribution in [0.25, 0.3) is 0 Å². The molecular weight excluding hydrogens is 250 g/mol. The summed E-state index contributed by atoms with van der Waals surface area (Å²) >= 11 is 0. The molecule has 0 aromatic heterocycles. The van der Waals surface area contributed by atoms with Crippen LogP contribution in [0, 0.1) is 6.92 Å². The zero-order chi connectivity index (χ0) is 14.4. The van der Waals surface area contributed by atoms with Crippen molar-refractivity contribution < 1.29 is 9.84 Å². The standard InChI is InChI=1S/C17H19NO2/c1-13-6-3-4-7-14(13)10-11-18-12-15-8-5-9-16(20-2)17(15)19/h3-9,12,19H,10-11H2,1-2H3. The maximum atomic E-state index is 9.93. The molecule has 0 heterocycles. The molecule has 0 saturated carbocycles. The first-order chi connectivity index (χ1) is 9.72. The van der Waals surface area contributed by atoms with Crippen LogP contribution in [-0.2, 0) is 6.42 Å². The number of aromatic hydroxyl groups is 1. The van der Waals surface area contributed by atoms with E-state index in [4.69, 9.17) is 4.74 Å². The van der Waals surface area contributed by atoms with Gasteiger partial charge in [0.05, 0.1) is 7.11 Å². The minimum absolute atomic E-state index is 0.134. The second kappa shape index (κ2) is 6.75. The van der Waals surface area contributed by atoms with Crippen LogP contribution < -0.4 is 4.74 Å². The number of hydrogen-bond donors (Lipinski definition) is 1. The Hall–Kier alpha value is -2.29. The average Bonchev–Trinajstić information content (AvgIpc) is 2.47. The lowest BCUT2D eigenvalue weighted by Gasteiger charge is -2.05. The summed E-state index contributed by atoms with van der Waals surface area (Å²) in [4.78, 5) is 4.37. The smallest absolute Gasteiger partial charge is 0.166 e. The van der Waals surface area contributed by atoms with Crippen molar-refractivity contribution in [3.05, 3.63) is 59.2 Å². The number of rotatable bonds is 5. The second-order valence-electron chi connectivity index (χ2n) is 4.61. The quantitative estimate of drug-likeness (QED) is 0.846. The number of phenols is 1. The summed E-state index contributed by atoms with van der Waals surface area (Å²) in [5.74, 6) is 0.600. The Balaban J connectivity index is 1.99. The van der Waals surface area contributed by atoms with Crippen LogP contribution >= 0.6 is 0 Å². The maximum absolute atomic E-state index is 9.93. The van der Waals surface area contributed by atoms with Gasteiger partial charge in [0.1, 0.15) is 0 Å². The van der Waals surface area contributed by atoms with E-state index in [1.807, 2.05) is 24.3 Å². The summed E-state index contributed by atoms with van der Waals surface area (Å²) in [5, 5.41) is 9.93. The molecule has 0 aliphatic heterocycles. The van der Waals surface area contributed by atoms with Gasteiger partial charge in [-0.1, -0.05) is 30.3 Å². The van der Waals surface area contributed by atoms with Crippen LogP contribution in [-0.4, -0.2) is 25.0 Å². The summed E-state index contributed by atoms with van der Waals surface area (Å²) in [5.41, 5.74) is 3.26. The monoisotopic (exact) mass is 269 g/mol. The van der Waals surface area contributed by atoms with Gasteiger partial charge >= 0.3 is 0 Å². The molecular formula is C17H19NO2. The van der Waals surface area contributed by atoms with Gasteiger partial charge in [0.2, 0.25) is 0 Å². The zero-order valence-electron chi connectivity index (χ0n) is 11.8. The second-order valence-corrected chi connectivity index (χ2v) is 4.61. The third kappa shape index (κ3) is 3.38. The summed E-state index contributed by atoms with van der Waals surface area (Å²) in [6, 6.07) is 13.7. The van der Waals surface area contributed by atoms with Gasteiger partial charge in [-0.25, -0.2) is 0 Å². The predicted octanol–water partition coefficient (Wildman–Crippen LogP) is 3.37. The summed E-state index contributed by atoms with van der Waals surface area (Å²) in [6.45, 7) is 2.80. The largest absolute Gasteiger partial charge is 0.504 e. The molecule has 2 aromatic carbocycles. The number of benzene rings is 2. The van der Waals surface area contributed by atoms with E-state index in [1.54, 1.807) is 12.3 Å². The number of aryl methyl sites for hydroxylation is 1. The molecule has 3 nitrogen and oxygen atoms in total. The normalized spacial score (nSPS) is 10.9. The Morgan fingerprint density at radius 2 is 1.95 bits per heavy atom. The SMILES string of the molecule is COc1cccc(C=NCCc2ccccc2C)c1O. The van der Waals surface area contributed by atoms with Gasteiger partial charge in [0.25, 0.3) is 0 Å². The van der Waals surface area contributed by atoms with Crippen molar-refractivity contribution in [1.29, 1.82) is 0 Å². The molecule has 0 bridgehead atoms. The van der Waals surface area contributed by atoms with Crippen molar-refractivity contribution in [3.8, 4) is 11.5 Å². The first-order valence-electron chi connectivity index (χ1n) is 6.62. The fraction of sp³-hybridized carbons (Fsp3) is 0.235. The Kier molecular flexibility index (Phi) is 4.77. The average molecular weight is 269 g/mol. The number of hydrogen-bond acceptors (Lipinski definition) is 3. The van der Waals surface area contributed by atoms with E-state index in [-0.39, 0.29) is 5.75 Å². The molecule has 1 N–H and O–H groups in total. The molecule has 0 radical (unpaired) electrons. The van der Waals surface area contributed by atoms with Crippen molar-refractivity contribution in [2.75, 3.05) is 13.7 Å². The van der Waals surface area contributed by atoms with Crippen molar-refractivity contribution in [3.63, 3.8) is 0 Å². The number of para-hydroxylation sites is 1. The molecule has 0 atom stereocenters. The van der Waals surface area contributed by atoms with E-state index >= 15 is 0 Å². The Labute approximate surface area is 119 Å². The minimum Gasteiger partial charge on any atom is -0.504 e. The van der Waals surface area contributed by atoms with Crippen LogP contribution in [0.3, 0.4) is 0 Å². The van der Waals surface area contributed by atoms with Crippen molar-refractivity contribution in [1.82, 2.24) is 0 Å². The van der Waals surface area contributed by atoms with Crippen LogP contribution in [0.4, 0.5) is 0 Å². The maximum Gasteiger partial charge on any atom is 0.166 e. The fourth-order valence-corrected chi connectivity index (χ4v) is 2.05. The lowest BCUT2D eigenvalue weighted by atomic mass is 10.1. The number of methoxy groups -OCH3 is 1. The third-order valence-corrected chi connectivity index (χ3v) is 3.25. The van der Waals surface area contributed by atoms with Crippen LogP contribution in [0.1, 0.15) is 16.7 Å². The number of phenolic OH excluding ortho intramolecular Hbond substituents is 1. The molecule has 0 aliphatic rings. The van der Waals surface area contributed by atoms with Gasteiger partial charge in [-0.3, -0.25) is 4.99 Å². The lowest BCUT2D eigenvalue weighted by molar-refractivity contribution is 0.373. The molecule has 0 saturated heterocycles. The number of aliphatic imine (C=N–C) groups is 1. The summed E-state index contributed by atoms with van der Waals surface area (Å²) in [6.07, 6.45) is 2.59. The third-order valence-electron chi connectivity index (χ3n) is 3.25. The molecule has 0 fully saturated rings. The van der Waals surface area contributed by atoms with E-state index in [0.29, 0.717) is 17.9 Å². The first kappa shape index (κ1) is 14.1. The molecule has 2 aromatic rings. The van der Waals surface area contributed by atoms with Crippen LogP contribution in [0.5, 0.6) is 11.5 Å². The highest BCUT2D eigenvalue weighted by molar-refractivity contribution is 5.84.